The van der Waals surface area contributed by atoms with Crippen LogP contribution in [0.5, 0.6) is 0 Å². The lowest BCUT2D eigenvalue weighted by Gasteiger charge is -1.98. The molecule has 0 N–H and O–H groups in total. The Morgan fingerprint density at radius 2 is 2.18 bits per heavy atom. The van der Waals surface area contributed by atoms with Crippen LogP contribution in [0.25, 0.3) is 0 Å². The maximum absolute atomic E-state index is 12.8. The summed E-state index contributed by atoms with van der Waals surface area (Å²) in [6.07, 6.45) is 5.07. The van der Waals surface area contributed by atoms with Crippen LogP contribution in [-0.4, -0.2) is 0 Å². The molecule has 11 heavy (non-hydrogen) atoms. The highest BCUT2D eigenvalue weighted by Gasteiger charge is 2.02. The zero-order chi connectivity index (χ0) is 8.43. The Bertz CT molecular complexity index is 323. The van der Waals surface area contributed by atoms with Crippen molar-refractivity contribution in [3.63, 3.8) is 0 Å². The Balaban J connectivity index is 3.35. The lowest BCUT2D eigenvalue weighted by atomic mass is 10.1. The Kier molecular flexibility index (Phi) is 2.16. The monoisotopic (exact) mass is 168 g/mol. The van der Waals surface area contributed by atoms with Crippen LogP contribution in [0.1, 0.15) is 11.1 Å². The van der Waals surface area contributed by atoms with E-state index in [1.807, 2.05) is 0 Å². The second kappa shape index (κ2) is 2.94. The van der Waals surface area contributed by atoms with Crippen LogP contribution in [0.4, 0.5) is 4.39 Å². The second-order valence-corrected chi connectivity index (χ2v) is 2.63. The highest BCUT2D eigenvalue weighted by Crippen LogP contribution is 2.18. The molecule has 0 bridgehead atoms. The van der Waals surface area contributed by atoms with E-state index in [4.69, 9.17) is 18.0 Å². The van der Waals surface area contributed by atoms with Crippen molar-refractivity contribution in [3.05, 3.63) is 34.1 Å². The topological polar surface area (TPSA) is 0 Å². The minimum atomic E-state index is -0.317. The van der Waals surface area contributed by atoms with E-state index in [2.05, 4.69) is 5.92 Å². The summed E-state index contributed by atoms with van der Waals surface area (Å²) in [6.45, 7) is 1.64. The van der Waals surface area contributed by atoms with E-state index < -0.39 is 0 Å². The molecule has 0 atom stereocenters. The van der Waals surface area contributed by atoms with Crippen molar-refractivity contribution in [2.24, 2.45) is 0 Å². The van der Waals surface area contributed by atoms with Gasteiger partial charge in [0.25, 0.3) is 0 Å². The molecule has 0 saturated carbocycles. The van der Waals surface area contributed by atoms with Gasteiger partial charge in [-0.25, -0.2) is 4.39 Å². The van der Waals surface area contributed by atoms with Gasteiger partial charge in [0.05, 0.1) is 5.02 Å². The number of benzene rings is 1. The van der Waals surface area contributed by atoms with Gasteiger partial charge in [-0.05, 0) is 24.6 Å². The molecule has 0 aliphatic heterocycles. The van der Waals surface area contributed by atoms with Crippen LogP contribution >= 0.6 is 11.6 Å². The molecule has 0 aromatic heterocycles. The van der Waals surface area contributed by atoms with E-state index in [-0.39, 0.29) is 5.82 Å². The summed E-state index contributed by atoms with van der Waals surface area (Å²) < 4.78 is 12.8. The first-order valence-electron chi connectivity index (χ1n) is 3.07. The highest BCUT2D eigenvalue weighted by molar-refractivity contribution is 6.31. The molecule has 0 radical (unpaired) electrons. The Morgan fingerprint density at radius 1 is 1.55 bits per heavy atom. The first-order valence-corrected chi connectivity index (χ1v) is 3.45. The van der Waals surface area contributed by atoms with Gasteiger partial charge in [0.1, 0.15) is 5.82 Å². The standard InChI is InChI=1S/C9H6ClF/c1-3-7-5-9(11)6(2)4-8(7)10/h1,4-5H,2H3. The summed E-state index contributed by atoms with van der Waals surface area (Å²) in [5.74, 6) is 1.97. The summed E-state index contributed by atoms with van der Waals surface area (Å²) in [5, 5.41) is 0.423. The van der Waals surface area contributed by atoms with Crippen LogP contribution in [0.3, 0.4) is 0 Å². The largest absolute Gasteiger partial charge is 0.207 e. The van der Waals surface area contributed by atoms with Gasteiger partial charge in [0, 0.05) is 5.56 Å². The summed E-state index contributed by atoms with van der Waals surface area (Å²) in [5.41, 5.74) is 0.906. The number of hydrogen-bond acceptors (Lipinski definition) is 0. The molecule has 0 spiro atoms. The molecule has 0 saturated heterocycles. The number of halogens is 2. The van der Waals surface area contributed by atoms with E-state index in [1.165, 1.54) is 12.1 Å². The van der Waals surface area contributed by atoms with Gasteiger partial charge in [0.2, 0.25) is 0 Å². The molecular formula is C9H6ClF. The fraction of sp³-hybridized carbons (Fsp3) is 0.111. The minimum Gasteiger partial charge on any atom is -0.207 e. The molecule has 0 aliphatic rings. The fourth-order valence-corrected chi connectivity index (χ4v) is 1.03. The van der Waals surface area contributed by atoms with E-state index in [0.29, 0.717) is 16.1 Å². The third kappa shape index (κ3) is 1.53. The summed E-state index contributed by atoms with van der Waals surface area (Å²) in [6, 6.07) is 2.78. The van der Waals surface area contributed by atoms with Crippen LogP contribution in [0.2, 0.25) is 5.02 Å². The maximum atomic E-state index is 12.8. The van der Waals surface area contributed by atoms with Crippen molar-refractivity contribution in [1.82, 2.24) is 0 Å². The average Bonchev–Trinajstić information content (AvgIpc) is 1.97. The molecule has 0 amide bonds. The number of terminal acetylenes is 1. The second-order valence-electron chi connectivity index (χ2n) is 2.23. The van der Waals surface area contributed by atoms with Crippen LogP contribution < -0.4 is 0 Å². The van der Waals surface area contributed by atoms with E-state index in [0.717, 1.165) is 0 Å². The van der Waals surface area contributed by atoms with Crippen molar-refractivity contribution in [1.29, 1.82) is 0 Å². The normalized spacial score (nSPS) is 9.27. The molecule has 0 nitrogen and oxygen atoms in total. The van der Waals surface area contributed by atoms with Crippen molar-refractivity contribution < 1.29 is 4.39 Å². The molecular weight excluding hydrogens is 163 g/mol. The molecule has 1 aromatic rings. The predicted octanol–water partition coefficient (Wildman–Crippen LogP) is 2.77. The molecule has 0 unspecified atom stereocenters. The van der Waals surface area contributed by atoms with Gasteiger partial charge in [0.15, 0.2) is 0 Å². The lowest BCUT2D eigenvalue weighted by Crippen LogP contribution is -1.85. The van der Waals surface area contributed by atoms with Gasteiger partial charge in [-0.3, -0.25) is 0 Å². The molecule has 0 fully saturated rings. The molecule has 2 heteroatoms. The van der Waals surface area contributed by atoms with Gasteiger partial charge in [-0.1, -0.05) is 17.5 Å². The predicted molar refractivity (Wildman–Crippen MR) is 44.1 cm³/mol. The van der Waals surface area contributed by atoms with Crippen molar-refractivity contribution >= 4 is 11.6 Å². The summed E-state index contributed by atoms with van der Waals surface area (Å²) >= 11 is 5.69. The molecule has 1 rings (SSSR count). The number of aryl methyl sites for hydroxylation is 1. The quantitative estimate of drug-likeness (QED) is 0.523. The van der Waals surface area contributed by atoms with E-state index in [1.54, 1.807) is 6.92 Å². The zero-order valence-electron chi connectivity index (χ0n) is 5.99. The van der Waals surface area contributed by atoms with E-state index in [9.17, 15) is 4.39 Å². The van der Waals surface area contributed by atoms with Gasteiger partial charge >= 0.3 is 0 Å². The fourth-order valence-electron chi connectivity index (χ4n) is 0.757. The highest BCUT2D eigenvalue weighted by atomic mass is 35.5. The molecule has 56 valence electrons. The van der Waals surface area contributed by atoms with Crippen LogP contribution in [-0.2, 0) is 0 Å². The summed E-state index contributed by atoms with van der Waals surface area (Å²) in [4.78, 5) is 0. The zero-order valence-corrected chi connectivity index (χ0v) is 6.74. The van der Waals surface area contributed by atoms with E-state index >= 15 is 0 Å². The third-order valence-electron chi connectivity index (χ3n) is 1.40. The maximum Gasteiger partial charge on any atom is 0.127 e. The molecule has 0 heterocycles. The van der Waals surface area contributed by atoms with Gasteiger partial charge in [-0.15, -0.1) is 6.42 Å². The van der Waals surface area contributed by atoms with Crippen LogP contribution in [0.15, 0.2) is 12.1 Å². The smallest absolute Gasteiger partial charge is 0.127 e. The lowest BCUT2D eigenvalue weighted by molar-refractivity contribution is 0.618. The van der Waals surface area contributed by atoms with Crippen molar-refractivity contribution in [2.75, 3.05) is 0 Å². The van der Waals surface area contributed by atoms with Crippen LogP contribution in [0, 0.1) is 25.1 Å². The van der Waals surface area contributed by atoms with Crippen molar-refractivity contribution in [3.8, 4) is 12.3 Å². The Labute approximate surface area is 70.0 Å². The summed E-state index contributed by atoms with van der Waals surface area (Å²) in [7, 11) is 0. The Hall–Kier alpha value is -1.00. The van der Waals surface area contributed by atoms with Gasteiger partial charge in [-0.2, -0.15) is 0 Å². The SMILES string of the molecule is C#Cc1cc(F)c(C)cc1Cl. The first kappa shape index (κ1) is 8.10. The molecule has 1 aromatic carbocycles. The number of hydrogen-bond donors (Lipinski definition) is 0. The third-order valence-corrected chi connectivity index (χ3v) is 1.72. The first-order chi connectivity index (χ1) is 5.15. The number of rotatable bonds is 0. The average molecular weight is 169 g/mol. The van der Waals surface area contributed by atoms with Crippen molar-refractivity contribution in [2.45, 2.75) is 6.92 Å². The minimum absolute atomic E-state index is 0.317. The molecule has 0 aliphatic carbocycles. The Morgan fingerprint density at radius 3 is 2.73 bits per heavy atom. The van der Waals surface area contributed by atoms with Gasteiger partial charge < -0.3 is 0 Å².